The van der Waals surface area contributed by atoms with Crippen LogP contribution in [0.2, 0.25) is 0 Å². The lowest BCUT2D eigenvalue weighted by Crippen LogP contribution is -2.44. The number of ether oxygens (including phenoxy) is 3. The van der Waals surface area contributed by atoms with Crippen LogP contribution in [-0.2, 0) is 22.4 Å². The molecule has 2 N–H and O–H groups in total. The van der Waals surface area contributed by atoms with E-state index < -0.39 is 30.4 Å². The predicted molar refractivity (Wildman–Crippen MR) is 144 cm³/mol. The number of hydrogen-bond acceptors (Lipinski definition) is 6. The predicted octanol–water partition coefficient (Wildman–Crippen LogP) is 4.79. The first kappa shape index (κ1) is 27.0. The van der Waals surface area contributed by atoms with Crippen LogP contribution in [0.1, 0.15) is 24.5 Å². The van der Waals surface area contributed by atoms with Gasteiger partial charge in [0, 0.05) is 6.54 Å². The second kappa shape index (κ2) is 13.0. The van der Waals surface area contributed by atoms with Gasteiger partial charge in [-0.2, -0.15) is 0 Å². The van der Waals surface area contributed by atoms with Crippen molar-refractivity contribution in [2.75, 3.05) is 20.3 Å². The Balaban J connectivity index is 1.47. The van der Waals surface area contributed by atoms with Gasteiger partial charge in [-0.15, -0.1) is 0 Å². The van der Waals surface area contributed by atoms with Gasteiger partial charge in [0.1, 0.15) is 11.9 Å². The summed E-state index contributed by atoms with van der Waals surface area (Å²) < 4.78 is 16.3. The number of likely N-dealkylation sites (tertiary alicyclic amines) is 1. The Bertz CT molecular complexity index is 1200. The van der Waals surface area contributed by atoms with Crippen LogP contribution in [0.5, 0.6) is 5.75 Å². The average molecular weight is 519 g/mol. The number of aliphatic hydroxyl groups is 1. The highest BCUT2D eigenvalue weighted by Crippen LogP contribution is 2.27. The molecule has 1 saturated heterocycles. The van der Waals surface area contributed by atoms with Gasteiger partial charge in [0.2, 0.25) is 0 Å². The molecule has 3 aromatic rings. The van der Waals surface area contributed by atoms with Gasteiger partial charge in [-0.3, -0.25) is 4.90 Å². The van der Waals surface area contributed by atoms with Gasteiger partial charge in [0.15, 0.2) is 6.10 Å². The summed E-state index contributed by atoms with van der Waals surface area (Å²) in [7, 11) is 1.59. The number of hydrogen-bond donors (Lipinski definition) is 2. The molecule has 0 radical (unpaired) electrons. The number of rotatable bonds is 9. The van der Waals surface area contributed by atoms with Crippen LogP contribution >= 0.6 is 0 Å². The number of aliphatic hydroxyl groups excluding tert-OH is 1. The summed E-state index contributed by atoms with van der Waals surface area (Å²) in [6.45, 7) is 2.44. The third-order valence-corrected chi connectivity index (χ3v) is 6.58. The molecule has 0 spiro atoms. The molecule has 1 heterocycles. The first-order valence-electron chi connectivity index (χ1n) is 12.8. The zero-order chi connectivity index (χ0) is 26.9. The summed E-state index contributed by atoms with van der Waals surface area (Å²) in [6, 6.07) is 24.6. The molecule has 0 aromatic heterocycles. The Labute approximate surface area is 223 Å². The number of alkyl carbamates (subject to hydrolysis) is 1. The number of benzene rings is 3. The molecule has 0 saturated carbocycles. The first-order chi connectivity index (χ1) is 18.5. The van der Waals surface area contributed by atoms with Crippen LogP contribution in [0.25, 0.3) is 11.1 Å². The number of amides is 2. The lowest BCUT2D eigenvalue weighted by atomic mass is 10.00. The van der Waals surface area contributed by atoms with E-state index in [1.165, 1.54) is 4.90 Å². The van der Waals surface area contributed by atoms with Crippen molar-refractivity contribution in [3.63, 3.8) is 0 Å². The monoisotopic (exact) mass is 518 g/mol. The van der Waals surface area contributed by atoms with E-state index in [0.29, 0.717) is 18.6 Å². The van der Waals surface area contributed by atoms with Crippen LogP contribution in [0.4, 0.5) is 9.59 Å². The summed E-state index contributed by atoms with van der Waals surface area (Å²) >= 11 is 0. The molecule has 4 rings (SSSR count). The van der Waals surface area contributed by atoms with Gasteiger partial charge in [-0.25, -0.2) is 9.59 Å². The number of β-amino-alcohol motifs (C(OH)–C–C–N with tert-alkyl or cyclic N) is 1. The highest BCUT2D eigenvalue weighted by Gasteiger charge is 2.46. The molecule has 200 valence electrons. The van der Waals surface area contributed by atoms with E-state index in [2.05, 4.69) is 5.32 Å². The Morgan fingerprint density at radius 3 is 2.42 bits per heavy atom. The molecule has 0 aliphatic carbocycles. The summed E-state index contributed by atoms with van der Waals surface area (Å²) in [6.07, 6.45) is -2.12. The Kier molecular flexibility index (Phi) is 9.21. The fourth-order valence-corrected chi connectivity index (χ4v) is 4.65. The van der Waals surface area contributed by atoms with Crippen molar-refractivity contribution in [2.24, 2.45) is 0 Å². The van der Waals surface area contributed by atoms with Crippen LogP contribution in [0, 0.1) is 0 Å². The van der Waals surface area contributed by atoms with E-state index in [9.17, 15) is 14.7 Å². The summed E-state index contributed by atoms with van der Waals surface area (Å²) in [5.41, 5.74) is 3.90. The number of carbonyl (C=O) groups excluding carboxylic acids is 2. The third kappa shape index (κ3) is 6.63. The van der Waals surface area contributed by atoms with Crippen molar-refractivity contribution in [1.29, 1.82) is 0 Å². The van der Waals surface area contributed by atoms with Crippen molar-refractivity contribution >= 4 is 12.2 Å². The molecule has 1 aliphatic rings. The van der Waals surface area contributed by atoms with Crippen molar-refractivity contribution < 1.29 is 28.9 Å². The van der Waals surface area contributed by atoms with Gasteiger partial charge < -0.3 is 24.6 Å². The Morgan fingerprint density at radius 2 is 1.71 bits per heavy atom. The molecule has 2 amide bonds. The number of methoxy groups -OCH3 is 1. The van der Waals surface area contributed by atoms with Crippen LogP contribution < -0.4 is 10.1 Å². The minimum atomic E-state index is -1.05. The minimum Gasteiger partial charge on any atom is -0.497 e. The van der Waals surface area contributed by atoms with E-state index in [0.717, 1.165) is 22.3 Å². The molecule has 3 atom stereocenters. The van der Waals surface area contributed by atoms with Crippen molar-refractivity contribution in [3.05, 3.63) is 90.0 Å². The quantitative estimate of drug-likeness (QED) is 0.423. The smallest absolute Gasteiger partial charge is 0.410 e. The SMILES string of the molecule is CCCOC(=O)N1C[C@H](O)[C@@H](OC(=O)NCc2ccccc2-c2ccccc2)[C@H]1Cc1ccc(OC)cc1. The van der Waals surface area contributed by atoms with Crippen LogP contribution in [0.15, 0.2) is 78.9 Å². The molecule has 3 aromatic carbocycles. The van der Waals surface area contributed by atoms with Gasteiger partial charge >= 0.3 is 12.2 Å². The molecule has 0 bridgehead atoms. The highest BCUT2D eigenvalue weighted by molar-refractivity contribution is 5.71. The second-order valence-electron chi connectivity index (χ2n) is 9.20. The molecular weight excluding hydrogens is 484 g/mol. The molecule has 8 heteroatoms. The number of carbonyl (C=O) groups is 2. The van der Waals surface area contributed by atoms with E-state index in [4.69, 9.17) is 14.2 Å². The fraction of sp³-hybridized carbons (Fsp3) is 0.333. The van der Waals surface area contributed by atoms with Gasteiger partial charge in [-0.05, 0) is 47.2 Å². The van der Waals surface area contributed by atoms with Gasteiger partial charge in [-0.1, -0.05) is 73.7 Å². The molecule has 8 nitrogen and oxygen atoms in total. The van der Waals surface area contributed by atoms with Crippen LogP contribution in [0.3, 0.4) is 0 Å². The maximum Gasteiger partial charge on any atom is 0.410 e. The van der Waals surface area contributed by atoms with E-state index in [1.54, 1.807) is 7.11 Å². The van der Waals surface area contributed by atoms with E-state index in [-0.39, 0.29) is 19.7 Å². The number of nitrogens with one attached hydrogen (secondary N) is 1. The molecule has 1 aliphatic heterocycles. The zero-order valence-electron chi connectivity index (χ0n) is 21.7. The van der Waals surface area contributed by atoms with Crippen molar-refractivity contribution in [3.8, 4) is 16.9 Å². The van der Waals surface area contributed by atoms with Crippen molar-refractivity contribution in [2.45, 2.75) is 44.6 Å². The van der Waals surface area contributed by atoms with E-state index >= 15 is 0 Å². The second-order valence-corrected chi connectivity index (χ2v) is 9.20. The van der Waals surface area contributed by atoms with Gasteiger partial charge in [0.05, 0.1) is 26.3 Å². The molecule has 1 fully saturated rings. The summed E-state index contributed by atoms with van der Waals surface area (Å²) in [5, 5.41) is 13.6. The maximum atomic E-state index is 12.9. The zero-order valence-corrected chi connectivity index (χ0v) is 21.7. The molecular formula is C30H34N2O6. The normalized spacial score (nSPS) is 18.6. The average Bonchev–Trinajstić information content (AvgIpc) is 3.25. The van der Waals surface area contributed by atoms with Crippen molar-refractivity contribution in [1.82, 2.24) is 10.2 Å². The van der Waals surface area contributed by atoms with E-state index in [1.807, 2.05) is 85.8 Å². The lowest BCUT2D eigenvalue weighted by molar-refractivity contribution is 0.0151. The number of nitrogens with zero attached hydrogens (tertiary/aromatic N) is 1. The Hall–Kier alpha value is -4.04. The molecule has 38 heavy (non-hydrogen) atoms. The topological polar surface area (TPSA) is 97.3 Å². The summed E-state index contributed by atoms with van der Waals surface area (Å²) in [5.74, 6) is 0.711. The molecule has 0 unspecified atom stereocenters. The van der Waals surface area contributed by atoms with Gasteiger partial charge in [0.25, 0.3) is 0 Å². The fourth-order valence-electron chi connectivity index (χ4n) is 4.65. The maximum absolute atomic E-state index is 12.9. The lowest BCUT2D eigenvalue weighted by Gasteiger charge is -2.27. The third-order valence-electron chi connectivity index (χ3n) is 6.58. The largest absolute Gasteiger partial charge is 0.497 e. The highest BCUT2D eigenvalue weighted by atomic mass is 16.6. The minimum absolute atomic E-state index is 0.0121. The first-order valence-corrected chi connectivity index (χ1v) is 12.8. The summed E-state index contributed by atoms with van der Waals surface area (Å²) in [4.78, 5) is 27.1. The Morgan fingerprint density at radius 1 is 1.00 bits per heavy atom. The standard InChI is InChI=1S/C30H34N2O6/c1-3-17-37-30(35)32-20-27(33)28(26(32)18-21-13-15-24(36-2)16-14-21)38-29(34)31-19-23-11-7-8-12-25(23)22-9-5-4-6-10-22/h4-16,26-28,33H,3,17-20H2,1-2H3,(H,31,34)/t26-,27+,28+/m1/s1. The van der Waals surface area contributed by atoms with Crippen LogP contribution in [-0.4, -0.2) is 60.7 Å².